The van der Waals surface area contributed by atoms with Gasteiger partial charge in [-0.15, -0.1) is 0 Å². The monoisotopic (exact) mass is 325 g/mol. The summed E-state index contributed by atoms with van der Waals surface area (Å²) in [5, 5.41) is 15.0. The van der Waals surface area contributed by atoms with Gasteiger partial charge in [-0.05, 0) is 25.5 Å². The molecule has 120 valence electrons. The average molecular weight is 325 g/mol. The summed E-state index contributed by atoms with van der Waals surface area (Å²) in [7, 11) is -3.29. The van der Waals surface area contributed by atoms with Crippen LogP contribution in [-0.4, -0.2) is 48.6 Å². The largest absolute Gasteiger partial charge is 0.315 e. The third-order valence-electron chi connectivity index (χ3n) is 3.57. The van der Waals surface area contributed by atoms with Gasteiger partial charge in [0.05, 0.1) is 10.6 Å². The summed E-state index contributed by atoms with van der Waals surface area (Å²) >= 11 is 0. The van der Waals surface area contributed by atoms with Crippen LogP contribution in [0.2, 0.25) is 0 Å². The highest BCUT2D eigenvalue weighted by atomic mass is 32.2. The van der Waals surface area contributed by atoms with E-state index >= 15 is 0 Å². The maximum atomic E-state index is 12.4. The highest BCUT2D eigenvalue weighted by molar-refractivity contribution is 7.90. The summed E-state index contributed by atoms with van der Waals surface area (Å²) in [6, 6.07) is 6.07. The Balaban J connectivity index is 2.45. The fraction of sp³-hybridized carbons (Fsp3) is 0.429. The maximum absolute atomic E-state index is 12.4. The molecule has 1 aliphatic rings. The Kier molecular flexibility index (Phi) is 4.37. The van der Waals surface area contributed by atoms with E-state index in [9.17, 15) is 18.4 Å². The van der Waals surface area contributed by atoms with Gasteiger partial charge in [0, 0.05) is 18.4 Å². The first-order chi connectivity index (χ1) is 10.2. The van der Waals surface area contributed by atoms with Gasteiger partial charge >= 0.3 is 0 Å². The number of hydrogen-bond donors (Lipinski definition) is 2. The summed E-state index contributed by atoms with van der Waals surface area (Å²) in [6.07, 6.45) is 1.86. The summed E-state index contributed by atoms with van der Waals surface area (Å²) in [4.78, 5) is 12.5. The van der Waals surface area contributed by atoms with Crippen LogP contribution in [-0.2, 0) is 14.6 Å². The predicted molar refractivity (Wildman–Crippen MR) is 81.4 cm³/mol. The fourth-order valence-electron chi connectivity index (χ4n) is 2.30. The number of carbonyl (C=O) groups is 1. The van der Waals surface area contributed by atoms with E-state index in [1.807, 2.05) is 12.4 Å². The molecule has 1 heterocycles. The van der Waals surface area contributed by atoms with E-state index < -0.39 is 15.4 Å². The second-order valence-electron chi connectivity index (χ2n) is 5.41. The first-order valence-electron chi connectivity index (χ1n) is 6.87. The van der Waals surface area contributed by atoms with Crippen molar-refractivity contribution >= 4 is 21.5 Å². The molecular weight excluding hydrogens is 306 g/mol. The van der Waals surface area contributed by atoms with E-state index in [4.69, 9.17) is 0 Å². The van der Waals surface area contributed by atoms with Crippen LogP contribution in [0.25, 0.3) is 0 Å². The molecule has 7 nitrogen and oxygen atoms in total. The zero-order valence-corrected chi connectivity index (χ0v) is 13.5. The standard InChI is InChI=1S/C14H19N3O4S/c1-4-9-17-13(18)14(2,16-19)12(15-17)10-5-7-11(8-6-10)22(3,20)21/h5-8,16,19H,4,9H2,1-3H3. The number of carbonyl (C=O) groups excluding carboxylic acids is 1. The molecule has 2 N–H and O–H groups in total. The summed E-state index contributed by atoms with van der Waals surface area (Å²) in [5.41, 5.74) is 1.61. The van der Waals surface area contributed by atoms with E-state index in [0.29, 0.717) is 17.8 Å². The lowest BCUT2D eigenvalue weighted by molar-refractivity contribution is -0.136. The molecule has 8 heteroatoms. The number of hydrazone groups is 1. The number of benzene rings is 1. The van der Waals surface area contributed by atoms with E-state index in [-0.39, 0.29) is 10.8 Å². The lowest BCUT2D eigenvalue weighted by Gasteiger charge is -2.22. The lowest BCUT2D eigenvalue weighted by atomic mass is 9.91. The number of nitrogens with one attached hydrogen (secondary N) is 1. The summed E-state index contributed by atoms with van der Waals surface area (Å²) in [6.45, 7) is 3.90. The molecule has 1 aliphatic heterocycles. The molecule has 2 rings (SSSR count). The molecule has 1 aromatic rings. The number of sulfone groups is 1. The molecule has 0 spiro atoms. The van der Waals surface area contributed by atoms with Crippen molar-refractivity contribution in [1.29, 1.82) is 0 Å². The van der Waals surface area contributed by atoms with Gasteiger partial charge in [-0.25, -0.2) is 13.4 Å². The Morgan fingerprint density at radius 1 is 1.32 bits per heavy atom. The number of rotatable bonds is 5. The summed E-state index contributed by atoms with van der Waals surface area (Å²) in [5.74, 6) is -0.348. The van der Waals surface area contributed by atoms with Crippen LogP contribution < -0.4 is 5.48 Å². The van der Waals surface area contributed by atoms with Crippen molar-refractivity contribution < 1.29 is 18.4 Å². The molecule has 1 atom stereocenters. The molecule has 0 aromatic heterocycles. The molecule has 22 heavy (non-hydrogen) atoms. The van der Waals surface area contributed by atoms with Crippen LogP contribution in [0, 0.1) is 0 Å². The molecular formula is C14H19N3O4S. The zero-order chi connectivity index (χ0) is 16.5. The highest BCUT2D eigenvalue weighted by Crippen LogP contribution is 2.25. The minimum atomic E-state index is -3.29. The SMILES string of the molecule is CCCN1N=C(c2ccc(S(C)(=O)=O)cc2)C(C)(NO)C1=O. The molecule has 0 bridgehead atoms. The first-order valence-corrected chi connectivity index (χ1v) is 8.76. The van der Waals surface area contributed by atoms with Crippen LogP contribution in [0.3, 0.4) is 0 Å². The van der Waals surface area contributed by atoms with Crippen LogP contribution >= 0.6 is 0 Å². The van der Waals surface area contributed by atoms with E-state index in [1.54, 1.807) is 12.1 Å². The van der Waals surface area contributed by atoms with Crippen molar-refractivity contribution in [3.05, 3.63) is 29.8 Å². The van der Waals surface area contributed by atoms with Crippen molar-refractivity contribution in [2.75, 3.05) is 12.8 Å². The van der Waals surface area contributed by atoms with Crippen molar-refractivity contribution in [2.24, 2.45) is 5.10 Å². The van der Waals surface area contributed by atoms with Gasteiger partial charge in [-0.1, -0.05) is 19.1 Å². The Labute approximate surface area is 129 Å². The Hall–Kier alpha value is -1.77. The molecule has 0 saturated carbocycles. The minimum Gasteiger partial charge on any atom is -0.315 e. The Bertz CT molecular complexity index is 712. The molecule has 0 saturated heterocycles. The van der Waals surface area contributed by atoms with Gasteiger partial charge in [0.2, 0.25) is 0 Å². The number of amides is 1. The van der Waals surface area contributed by atoms with Gasteiger partial charge in [0.25, 0.3) is 5.91 Å². The van der Waals surface area contributed by atoms with Crippen LogP contribution in [0.1, 0.15) is 25.8 Å². The average Bonchev–Trinajstić information content (AvgIpc) is 2.73. The molecule has 1 aromatic carbocycles. The van der Waals surface area contributed by atoms with E-state index in [2.05, 4.69) is 5.10 Å². The number of nitrogens with zero attached hydrogens (tertiary/aromatic N) is 2. The molecule has 1 amide bonds. The third kappa shape index (κ3) is 2.77. The second-order valence-corrected chi connectivity index (χ2v) is 7.43. The maximum Gasteiger partial charge on any atom is 0.271 e. The topological polar surface area (TPSA) is 99.1 Å². The Morgan fingerprint density at radius 3 is 2.36 bits per heavy atom. The van der Waals surface area contributed by atoms with Gasteiger partial charge in [-0.3, -0.25) is 4.79 Å². The van der Waals surface area contributed by atoms with Crippen LogP contribution in [0.5, 0.6) is 0 Å². The van der Waals surface area contributed by atoms with E-state index in [1.165, 1.54) is 24.1 Å². The van der Waals surface area contributed by atoms with Crippen molar-refractivity contribution in [3.63, 3.8) is 0 Å². The van der Waals surface area contributed by atoms with Crippen molar-refractivity contribution in [2.45, 2.75) is 30.7 Å². The smallest absolute Gasteiger partial charge is 0.271 e. The van der Waals surface area contributed by atoms with Crippen molar-refractivity contribution in [1.82, 2.24) is 10.5 Å². The zero-order valence-electron chi connectivity index (χ0n) is 12.7. The minimum absolute atomic E-state index is 0.185. The molecule has 1 unspecified atom stereocenters. The normalized spacial score (nSPS) is 22.1. The fourth-order valence-corrected chi connectivity index (χ4v) is 2.93. The predicted octanol–water partition coefficient (Wildman–Crippen LogP) is 0.784. The van der Waals surface area contributed by atoms with Crippen molar-refractivity contribution in [3.8, 4) is 0 Å². The molecule has 0 aliphatic carbocycles. The van der Waals surface area contributed by atoms with Gasteiger partial charge < -0.3 is 5.21 Å². The first kappa shape index (κ1) is 16.6. The quantitative estimate of drug-likeness (QED) is 0.780. The van der Waals surface area contributed by atoms with E-state index in [0.717, 1.165) is 12.7 Å². The van der Waals surface area contributed by atoms with Crippen LogP contribution in [0.4, 0.5) is 0 Å². The second kappa shape index (κ2) is 5.79. The van der Waals surface area contributed by atoms with Gasteiger partial charge in [0.1, 0.15) is 0 Å². The number of hydroxylamine groups is 1. The third-order valence-corrected chi connectivity index (χ3v) is 4.70. The Morgan fingerprint density at radius 2 is 1.91 bits per heavy atom. The highest BCUT2D eigenvalue weighted by Gasteiger charge is 2.47. The summed E-state index contributed by atoms with van der Waals surface area (Å²) < 4.78 is 23.0. The molecule has 0 fully saturated rings. The van der Waals surface area contributed by atoms with Gasteiger partial charge in [0.15, 0.2) is 15.4 Å². The van der Waals surface area contributed by atoms with Crippen LogP contribution in [0.15, 0.2) is 34.3 Å². The number of hydrogen-bond acceptors (Lipinski definition) is 6. The van der Waals surface area contributed by atoms with Gasteiger partial charge in [-0.2, -0.15) is 10.6 Å². The molecule has 0 radical (unpaired) electrons. The lowest BCUT2D eigenvalue weighted by Crippen LogP contribution is -2.54.